The molecule has 1 N–H and O–H groups in total. The Morgan fingerprint density at radius 1 is 1.25 bits per heavy atom. The molecule has 2 fully saturated rings. The molecular formula is C18H28N2O3S. The van der Waals surface area contributed by atoms with Gasteiger partial charge in [0, 0.05) is 38.1 Å². The molecule has 0 spiro atoms. The molecule has 0 aliphatic carbocycles. The molecule has 6 heteroatoms. The molecule has 0 saturated carbocycles. The predicted octanol–water partition coefficient (Wildman–Crippen LogP) is 1.54. The minimum atomic E-state index is -3.15. The first-order valence-electron chi connectivity index (χ1n) is 8.84. The van der Waals surface area contributed by atoms with Crippen molar-refractivity contribution in [3.63, 3.8) is 0 Å². The van der Waals surface area contributed by atoms with Crippen LogP contribution in [0.5, 0.6) is 0 Å². The Balaban J connectivity index is 1.71. The van der Waals surface area contributed by atoms with Gasteiger partial charge in [-0.15, -0.1) is 0 Å². The van der Waals surface area contributed by atoms with Crippen molar-refractivity contribution in [2.24, 2.45) is 11.3 Å². The molecule has 2 saturated heterocycles. The van der Waals surface area contributed by atoms with Gasteiger partial charge < -0.3 is 5.11 Å². The highest BCUT2D eigenvalue weighted by molar-refractivity contribution is 7.89. The van der Waals surface area contributed by atoms with Crippen LogP contribution in [0.2, 0.25) is 0 Å². The fourth-order valence-electron chi connectivity index (χ4n) is 4.22. The van der Waals surface area contributed by atoms with E-state index in [1.165, 1.54) is 5.56 Å². The topological polar surface area (TPSA) is 60.9 Å². The van der Waals surface area contributed by atoms with Crippen LogP contribution in [0.15, 0.2) is 30.3 Å². The van der Waals surface area contributed by atoms with Crippen molar-refractivity contribution < 1.29 is 13.5 Å². The van der Waals surface area contributed by atoms with Gasteiger partial charge in [0.1, 0.15) is 0 Å². The third-order valence-corrected chi connectivity index (χ3v) is 7.63. The van der Waals surface area contributed by atoms with Crippen LogP contribution in [-0.4, -0.2) is 61.3 Å². The van der Waals surface area contributed by atoms with Crippen molar-refractivity contribution in [2.75, 3.05) is 38.5 Å². The molecule has 134 valence electrons. The Kier molecular flexibility index (Phi) is 5.30. The van der Waals surface area contributed by atoms with Crippen LogP contribution in [0.25, 0.3) is 0 Å². The first kappa shape index (κ1) is 17.9. The van der Waals surface area contributed by atoms with Gasteiger partial charge in [0.2, 0.25) is 10.0 Å². The van der Waals surface area contributed by atoms with Crippen molar-refractivity contribution in [1.29, 1.82) is 0 Å². The van der Waals surface area contributed by atoms with Gasteiger partial charge >= 0.3 is 0 Å². The number of rotatable bonds is 6. The van der Waals surface area contributed by atoms with Gasteiger partial charge in [-0.1, -0.05) is 37.3 Å². The van der Waals surface area contributed by atoms with Crippen molar-refractivity contribution in [2.45, 2.75) is 26.3 Å². The molecular weight excluding hydrogens is 324 g/mol. The van der Waals surface area contributed by atoms with Crippen LogP contribution in [0.3, 0.4) is 0 Å². The average Bonchev–Trinajstić information content (AvgIpc) is 2.93. The van der Waals surface area contributed by atoms with Gasteiger partial charge in [-0.05, 0) is 24.3 Å². The molecule has 0 aromatic heterocycles. The summed E-state index contributed by atoms with van der Waals surface area (Å²) in [5.74, 6) is 0.436. The number of fused-ring (bicyclic) bond motifs is 1. The van der Waals surface area contributed by atoms with E-state index in [0.29, 0.717) is 19.5 Å². The maximum absolute atomic E-state index is 12.4. The highest BCUT2D eigenvalue weighted by Crippen LogP contribution is 2.43. The highest BCUT2D eigenvalue weighted by Gasteiger charge is 2.50. The summed E-state index contributed by atoms with van der Waals surface area (Å²) in [5, 5.41) is 10.0. The lowest BCUT2D eigenvalue weighted by molar-refractivity contribution is 0.0436. The standard InChI is InChI=1S/C18H28N2O3S/c1-2-10-24(22,23)20-9-8-18(15-21)14-19(12-17(18)13-20)11-16-6-4-3-5-7-16/h3-7,17,21H,2,8-15H2,1H3/t17-,18-/m0/s1. The van der Waals surface area contributed by atoms with Crippen LogP contribution in [0.1, 0.15) is 25.3 Å². The summed E-state index contributed by atoms with van der Waals surface area (Å²) >= 11 is 0. The van der Waals surface area contributed by atoms with Crippen LogP contribution in [-0.2, 0) is 16.6 Å². The monoisotopic (exact) mass is 352 g/mol. The molecule has 0 radical (unpaired) electrons. The van der Waals surface area contributed by atoms with Crippen molar-refractivity contribution >= 4 is 10.0 Å². The Bertz CT molecular complexity index is 649. The number of sulfonamides is 1. The largest absolute Gasteiger partial charge is 0.396 e. The summed E-state index contributed by atoms with van der Waals surface area (Å²) in [5.41, 5.74) is 1.12. The first-order valence-corrected chi connectivity index (χ1v) is 10.4. The number of likely N-dealkylation sites (tertiary alicyclic amines) is 1. The molecule has 5 nitrogen and oxygen atoms in total. The summed E-state index contributed by atoms with van der Waals surface area (Å²) in [4.78, 5) is 2.37. The summed E-state index contributed by atoms with van der Waals surface area (Å²) in [6.07, 6.45) is 1.40. The van der Waals surface area contributed by atoms with Gasteiger partial charge in [-0.2, -0.15) is 0 Å². The Labute approximate surface area is 145 Å². The molecule has 2 atom stereocenters. The summed E-state index contributed by atoms with van der Waals surface area (Å²) in [7, 11) is -3.15. The number of piperidine rings is 1. The predicted molar refractivity (Wildman–Crippen MR) is 95.0 cm³/mol. The normalized spacial score (nSPS) is 28.8. The molecule has 0 unspecified atom stereocenters. The second-order valence-electron chi connectivity index (χ2n) is 7.30. The van der Waals surface area contributed by atoms with Crippen LogP contribution < -0.4 is 0 Å². The Morgan fingerprint density at radius 2 is 2.00 bits per heavy atom. The van der Waals surface area contributed by atoms with Crippen LogP contribution >= 0.6 is 0 Å². The van der Waals surface area contributed by atoms with E-state index >= 15 is 0 Å². The molecule has 2 aliphatic rings. The van der Waals surface area contributed by atoms with E-state index in [9.17, 15) is 13.5 Å². The van der Waals surface area contributed by atoms with E-state index in [2.05, 4.69) is 17.0 Å². The SMILES string of the molecule is CCCS(=O)(=O)N1CC[C@@]2(CO)CN(Cc3ccccc3)C[C@H]2C1. The smallest absolute Gasteiger partial charge is 0.214 e. The third kappa shape index (κ3) is 3.52. The molecule has 24 heavy (non-hydrogen) atoms. The summed E-state index contributed by atoms with van der Waals surface area (Å²) in [6.45, 7) is 5.70. The summed E-state index contributed by atoms with van der Waals surface area (Å²) in [6, 6.07) is 10.3. The van der Waals surface area contributed by atoms with Gasteiger partial charge in [0.25, 0.3) is 0 Å². The second kappa shape index (κ2) is 7.12. The molecule has 2 heterocycles. The minimum absolute atomic E-state index is 0.143. The van der Waals surface area contributed by atoms with E-state index in [1.807, 2.05) is 25.1 Å². The van der Waals surface area contributed by atoms with Crippen molar-refractivity contribution in [1.82, 2.24) is 9.21 Å². The number of aliphatic hydroxyl groups excluding tert-OH is 1. The molecule has 0 bridgehead atoms. The highest BCUT2D eigenvalue weighted by atomic mass is 32.2. The maximum Gasteiger partial charge on any atom is 0.214 e. The first-order chi connectivity index (χ1) is 11.5. The number of hydrogen-bond acceptors (Lipinski definition) is 4. The molecule has 0 amide bonds. The second-order valence-corrected chi connectivity index (χ2v) is 9.39. The number of nitrogens with zero attached hydrogens (tertiary/aromatic N) is 2. The molecule has 1 aromatic rings. The maximum atomic E-state index is 12.4. The lowest BCUT2D eigenvalue weighted by Gasteiger charge is -2.41. The van der Waals surface area contributed by atoms with E-state index < -0.39 is 10.0 Å². The third-order valence-electron chi connectivity index (χ3n) is 5.59. The summed E-state index contributed by atoms with van der Waals surface area (Å²) < 4.78 is 26.4. The van der Waals surface area contributed by atoms with Gasteiger partial charge in [-0.3, -0.25) is 4.90 Å². The Hall–Kier alpha value is -0.950. The van der Waals surface area contributed by atoms with Crippen LogP contribution in [0.4, 0.5) is 0 Å². The van der Waals surface area contributed by atoms with E-state index in [0.717, 1.165) is 26.1 Å². The van der Waals surface area contributed by atoms with Gasteiger partial charge in [0.15, 0.2) is 0 Å². The number of hydrogen-bond donors (Lipinski definition) is 1. The number of benzene rings is 1. The van der Waals surface area contributed by atoms with Crippen molar-refractivity contribution in [3.05, 3.63) is 35.9 Å². The molecule has 1 aromatic carbocycles. The molecule has 3 rings (SSSR count). The molecule has 2 aliphatic heterocycles. The fraction of sp³-hybridized carbons (Fsp3) is 0.667. The fourth-order valence-corrected chi connectivity index (χ4v) is 5.77. The zero-order valence-corrected chi connectivity index (χ0v) is 15.2. The zero-order valence-electron chi connectivity index (χ0n) is 14.4. The quantitative estimate of drug-likeness (QED) is 0.844. The minimum Gasteiger partial charge on any atom is -0.396 e. The van der Waals surface area contributed by atoms with E-state index in [1.54, 1.807) is 4.31 Å². The Morgan fingerprint density at radius 3 is 2.67 bits per heavy atom. The van der Waals surface area contributed by atoms with E-state index in [-0.39, 0.29) is 23.7 Å². The van der Waals surface area contributed by atoms with Gasteiger partial charge in [0.05, 0.1) is 12.4 Å². The van der Waals surface area contributed by atoms with Crippen molar-refractivity contribution in [3.8, 4) is 0 Å². The average molecular weight is 353 g/mol. The number of aliphatic hydroxyl groups is 1. The lowest BCUT2D eigenvalue weighted by atomic mass is 9.74. The van der Waals surface area contributed by atoms with E-state index in [4.69, 9.17) is 0 Å². The zero-order chi connectivity index (χ0) is 17.2. The van der Waals surface area contributed by atoms with Crippen LogP contribution in [0, 0.1) is 11.3 Å². The lowest BCUT2D eigenvalue weighted by Crippen LogP contribution is -2.51. The van der Waals surface area contributed by atoms with Gasteiger partial charge in [-0.25, -0.2) is 12.7 Å².